The van der Waals surface area contributed by atoms with Crippen molar-refractivity contribution in [1.82, 2.24) is 0 Å². The molecule has 0 nitrogen and oxygen atoms in total. The summed E-state index contributed by atoms with van der Waals surface area (Å²) in [6, 6.07) is 0. The maximum Gasteiger partial charge on any atom is 0 e. The average molecular weight is 141 g/mol. The van der Waals surface area contributed by atoms with Gasteiger partial charge in [-0.05, 0) is 0 Å². The highest BCUT2D eigenvalue weighted by Crippen LogP contribution is 0.692. The number of hydrogen-bond acceptors (Lipinski definition) is 0. The molecule has 0 bridgehead atoms. The number of rotatable bonds is 0. The minimum atomic E-state index is 0. The Hall–Kier alpha value is 1.22. The highest BCUT2D eigenvalue weighted by molar-refractivity contribution is 7.59. The Bertz CT molecular complexity index is 3.25. The molecule has 0 saturated heterocycles. The summed E-state index contributed by atoms with van der Waals surface area (Å²) in [4.78, 5) is 0. The van der Waals surface area contributed by atoms with Gasteiger partial charge in [0.1, 0.15) is 0 Å². The summed E-state index contributed by atoms with van der Waals surface area (Å²) in [7, 11) is 0. The van der Waals surface area contributed by atoms with Gasteiger partial charge in [-0.15, -0.1) is 37.2 Å². The average Bonchev–Trinajstić information content (AvgIpc) is 0. The molecule has 0 aromatic carbocycles. The van der Waals surface area contributed by atoms with Crippen LogP contribution in [-0.2, 0) is 0 Å². The van der Waals surface area contributed by atoms with E-state index in [0.29, 0.717) is 0 Å². The summed E-state index contributed by atoms with van der Waals surface area (Å²) in [6.45, 7) is 0. The van der Waals surface area contributed by atoms with Crippen LogP contribution in [0, 0.1) is 0 Å². The van der Waals surface area contributed by atoms with Gasteiger partial charge in [-0.3, -0.25) is 0 Å². The molecular weight excluding hydrogens is 138 g/mol. The summed E-state index contributed by atoms with van der Waals surface area (Å²) in [5.41, 5.74) is 0. The van der Waals surface area contributed by atoms with Crippen LogP contribution in [0.15, 0.2) is 0 Å². The van der Waals surface area contributed by atoms with Crippen LogP contribution in [0.25, 0.3) is 0 Å². The smallest absolute Gasteiger partial charge is 0 e. The van der Waals surface area contributed by atoms with E-state index < -0.39 is 0 Å². The van der Waals surface area contributed by atoms with Crippen molar-refractivity contribution >= 4 is 50.7 Å². The third kappa shape index (κ3) is 10.7. The first-order chi connectivity index (χ1) is 0. The molecule has 0 N–H and O–H groups in total. The SMILES string of the molecule is Cl.Cl.Cl.[S]. The van der Waals surface area contributed by atoms with Crippen molar-refractivity contribution in [1.29, 1.82) is 0 Å². The second kappa shape index (κ2) is 29.4. The lowest BCUT2D eigenvalue weighted by atomic mass is 32.1. The van der Waals surface area contributed by atoms with Gasteiger partial charge >= 0.3 is 0 Å². The third-order valence-corrected chi connectivity index (χ3v) is 0. The van der Waals surface area contributed by atoms with Gasteiger partial charge < -0.3 is 0 Å². The van der Waals surface area contributed by atoms with Crippen LogP contribution >= 0.6 is 50.7 Å². The number of halogens is 3. The summed E-state index contributed by atoms with van der Waals surface area (Å²) in [6.07, 6.45) is 0. The Balaban J connectivity index is 0. The zero-order valence-electron chi connectivity index (χ0n) is 1.63. The molecule has 0 aromatic rings. The first kappa shape index (κ1) is 62.5. The Labute approximate surface area is 51.0 Å². The summed E-state index contributed by atoms with van der Waals surface area (Å²) >= 11 is 0. The van der Waals surface area contributed by atoms with Gasteiger partial charge in [-0.1, -0.05) is 0 Å². The van der Waals surface area contributed by atoms with E-state index in [4.69, 9.17) is 0 Å². The lowest BCUT2D eigenvalue weighted by molar-refractivity contribution is 5.85. The fourth-order valence-corrected chi connectivity index (χ4v) is 0. The molecule has 0 spiro atoms. The van der Waals surface area contributed by atoms with Gasteiger partial charge in [-0.25, -0.2) is 0 Å². The van der Waals surface area contributed by atoms with Gasteiger partial charge in [0, 0.05) is 13.5 Å². The van der Waals surface area contributed by atoms with Crippen LogP contribution in [0.3, 0.4) is 0 Å². The fourth-order valence-electron chi connectivity index (χ4n) is 0. The molecule has 0 amide bonds. The van der Waals surface area contributed by atoms with Crippen LogP contribution in [0.5, 0.6) is 0 Å². The van der Waals surface area contributed by atoms with Crippen molar-refractivity contribution in [3.63, 3.8) is 0 Å². The van der Waals surface area contributed by atoms with Crippen molar-refractivity contribution < 1.29 is 0 Å². The Morgan fingerprint density at radius 2 is 0.500 bits per heavy atom. The molecule has 0 rings (SSSR count). The first-order valence-corrected chi connectivity index (χ1v) is 0. The van der Waals surface area contributed by atoms with Crippen LogP contribution in [0.1, 0.15) is 0 Å². The van der Waals surface area contributed by atoms with Crippen molar-refractivity contribution in [2.24, 2.45) is 0 Å². The van der Waals surface area contributed by atoms with Gasteiger partial charge in [0.15, 0.2) is 0 Å². The molecule has 30 valence electrons. The lowest BCUT2D eigenvalue weighted by Gasteiger charge is -0.148. The zero-order chi connectivity index (χ0) is 0. The zero-order valence-corrected chi connectivity index (χ0v) is 4.90. The lowest BCUT2D eigenvalue weighted by Crippen LogP contribution is 0.648. The maximum atomic E-state index is 0. The minimum absolute atomic E-state index is 0. The predicted octanol–water partition coefficient (Wildman–Crippen LogP) is 1.91. The summed E-state index contributed by atoms with van der Waals surface area (Å²) in [5.74, 6) is 0. The van der Waals surface area contributed by atoms with Crippen LogP contribution in [-0.4, -0.2) is 0 Å². The van der Waals surface area contributed by atoms with E-state index in [1.807, 2.05) is 0 Å². The summed E-state index contributed by atoms with van der Waals surface area (Å²) < 4.78 is 0. The van der Waals surface area contributed by atoms with Crippen molar-refractivity contribution in [2.75, 3.05) is 0 Å². The van der Waals surface area contributed by atoms with E-state index in [-0.39, 0.29) is 50.7 Å². The van der Waals surface area contributed by atoms with Gasteiger partial charge in [0.2, 0.25) is 0 Å². The van der Waals surface area contributed by atoms with E-state index in [1.54, 1.807) is 0 Å². The van der Waals surface area contributed by atoms with E-state index in [0.717, 1.165) is 0 Å². The molecule has 0 unspecified atom stereocenters. The van der Waals surface area contributed by atoms with Gasteiger partial charge in [0.25, 0.3) is 0 Å². The molecule has 0 aromatic heterocycles. The third-order valence-electron chi connectivity index (χ3n) is 0. The minimum Gasteiger partial charge on any atom is -0.147 e. The Morgan fingerprint density at radius 1 is 0.500 bits per heavy atom. The highest BCUT2D eigenvalue weighted by atomic mass is 35.5. The molecule has 0 fully saturated rings. The predicted molar refractivity (Wildman–Crippen MR) is 29.3 cm³/mol. The van der Waals surface area contributed by atoms with Crippen molar-refractivity contribution in [2.45, 2.75) is 0 Å². The normalized spacial score (nSPS) is 0. The van der Waals surface area contributed by atoms with E-state index >= 15 is 0 Å². The largest absolute Gasteiger partial charge is 0.147 e. The maximum absolute atomic E-state index is 0. The molecule has 0 heterocycles. The topological polar surface area (TPSA) is 0 Å². The van der Waals surface area contributed by atoms with Gasteiger partial charge in [0.05, 0.1) is 0 Å². The molecule has 4 heteroatoms. The second-order valence-corrected chi connectivity index (χ2v) is 0. The monoisotopic (exact) mass is 140 g/mol. The van der Waals surface area contributed by atoms with Gasteiger partial charge in [-0.2, -0.15) is 0 Å². The van der Waals surface area contributed by atoms with E-state index in [9.17, 15) is 0 Å². The van der Waals surface area contributed by atoms with E-state index in [1.165, 1.54) is 0 Å². The standard InChI is InChI=1S/3ClH.S/h3*1H;. The van der Waals surface area contributed by atoms with Crippen molar-refractivity contribution in [3.8, 4) is 0 Å². The molecule has 2 radical (unpaired) electrons. The first-order valence-electron chi connectivity index (χ1n) is 0. The van der Waals surface area contributed by atoms with Crippen LogP contribution in [0.4, 0.5) is 0 Å². The Kier molecular flexibility index (Phi) is 459. The highest BCUT2D eigenvalue weighted by Gasteiger charge is 0.0000207. The van der Waals surface area contributed by atoms with Crippen molar-refractivity contribution in [3.05, 3.63) is 0 Å². The molecular formula is H3Cl3S. The molecule has 0 atom stereocenters. The molecule has 0 aliphatic rings. The molecule has 0 saturated carbocycles. The summed E-state index contributed by atoms with van der Waals surface area (Å²) in [5, 5.41) is 0. The molecule has 4 heavy (non-hydrogen) atoms. The second-order valence-electron chi connectivity index (χ2n) is 0. The molecule has 0 aliphatic heterocycles. The van der Waals surface area contributed by atoms with Crippen LogP contribution in [0.2, 0.25) is 0 Å². The van der Waals surface area contributed by atoms with Crippen LogP contribution < -0.4 is 0 Å². The molecule has 0 aliphatic carbocycles. The van der Waals surface area contributed by atoms with E-state index in [2.05, 4.69) is 0 Å². The number of hydrogen-bond donors (Lipinski definition) is 0. The fraction of sp³-hybridized carbons (Fsp3) is 0. The quantitative estimate of drug-likeness (QED) is 0.483. The Morgan fingerprint density at radius 3 is 0.500 bits per heavy atom.